The number of nitrogens with zero attached hydrogens (tertiary/aromatic N) is 2. The van der Waals surface area contributed by atoms with Gasteiger partial charge in [0, 0.05) is 6.54 Å². The van der Waals surface area contributed by atoms with Crippen molar-refractivity contribution in [2.24, 2.45) is 11.8 Å². The van der Waals surface area contributed by atoms with Crippen LogP contribution in [-0.2, 0) is 0 Å². The lowest BCUT2D eigenvalue weighted by atomic mass is 10.0. The van der Waals surface area contributed by atoms with E-state index in [1.807, 2.05) is 12.1 Å². The van der Waals surface area contributed by atoms with E-state index in [0.29, 0.717) is 30.0 Å². The molecule has 1 aromatic rings. The van der Waals surface area contributed by atoms with Gasteiger partial charge in [-0.3, -0.25) is 0 Å². The second-order valence-electron chi connectivity index (χ2n) is 6.03. The minimum absolute atomic E-state index is 0.141. The zero-order valence-corrected chi connectivity index (χ0v) is 12.0. The second-order valence-corrected chi connectivity index (χ2v) is 6.03. The first-order valence-corrected chi connectivity index (χ1v) is 7.46. The summed E-state index contributed by atoms with van der Waals surface area (Å²) in [5, 5.41) is 9.55. The van der Waals surface area contributed by atoms with Gasteiger partial charge in [0.25, 0.3) is 0 Å². The zero-order valence-electron chi connectivity index (χ0n) is 12.0. The van der Waals surface area contributed by atoms with Crippen molar-refractivity contribution in [1.82, 2.24) is 4.98 Å². The molecule has 2 aliphatic rings. The molecule has 5 nitrogen and oxygen atoms in total. The van der Waals surface area contributed by atoms with E-state index < -0.39 is 0 Å². The van der Waals surface area contributed by atoms with Crippen LogP contribution >= 0.6 is 0 Å². The molecule has 1 aromatic heterocycles. The predicted octanol–water partition coefficient (Wildman–Crippen LogP) is 1.66. The van der Waals surface area contributed by atoms with Crippen LogP contribution in [0.2, 0.25) is 0 Å². The van der Waals surface area contributed by atoms with E-state index in [1.54, 1.807) is 0 Å². The number of hydrogen-bond donors (Lipinski definition) is 2. The van der Waals surface area contributed by atoms with Crippen molar-refractivity contribution in [3.63, 3.8) is 0 Å². The molecule has 1 saturated heterocycles. The Hall–Kier alpha value is -1.49. The number of ether oxygens (including phenoxy) is 1. The number of aromatic nitrogens is 1. The molecule has 3 N–H and O–H groups in total. The molecule has 0 spiro atoms. The summed E-state index contributed by atoms with van der Waals surface area (Å²) in [5.74, 6) is 2.55. The fourth-order valence-electron chi connectivity index (χ4n) is 2.77. The average molecular weight is 277 g/mol. The Balaban J connectivity index is 1.76. The van der Waals surface area contributed by atoms with Gasteiger partial charge in [-0.1, -0.05) is 6.92 Å². The van der Waals surface area contributed by atoms with E-state index in [-0.39, 0.29) is 12.6 Å². The lowest BCUT2D eigenvalue weighted by Gasteiger charge is -2.26. The van der Waals surface area contributed by atoms with Crippen LogP contribution in [0.15, 0.2) is 12.1 Å². The molecular formula is C15H23N3O2. The van der Waals surface area contributed by atoms with Gasteiger partial charge in [-0.05, 0) is 43.2 Å². The lowest BCUT2D eigenvalue weighted by molar-refractivity contribution is 0.244. The van der Waals surface area contributed by atoms with Gasteiger partial charge in [-0.25, -0.2) is 0 Å². The van der Waals surface area contributed by atoms with E-state index in [1.165, 1.54) is 12.8 Å². The number of nitrogens with two attached hydrogens (primary N) is 1. The predicted molar refractivity (Wildman–Crippen MR) is 78.9 cm³/mol. The number of aliphatic hydroxyl groups is 1. The molecule has 0 amide bonds. The van der Waals surface area contributed by atoms with Crippen molar-refractivity contribution >= 4 is 11.5 Å². The summed E-state index contributed by atoms with van der Waals surface area (Å²) in [6.07, 6.45) is 3.57. The highest BCUT2D eigenvalue weighted by atomic mass is 16.5. The number of hydrogen-bond acceptors (Lipinski definition) is 5. The van der Waals surface area contributed by atoms with Gasteiger partial charge < -0.3 is 20.5 Å². The maximum Gasteiger partial charge on any atom is 0.239 e. The second kappa shape index (κ2) is 5.48. The maximum atomic E-state index is 9.55. The summed E-state index contributed by atoms with van der Waals surface area (Å²) < 4.78 is 5.73. The minimum atomic E-state index is 0.141. The number of anilines is 2. The molecule has 2 atom stereocenters. The van der Waals surface area contributed by atoms with Gasteiger partial charge in [-0.15, -0.1) is 0 Å². The van der Waals surface area contributed by atoms with Crippen LogP contribution in [0.3, 0.4) is 0 Å². The Morgan fingerprint density at radius 2 is 2.20 bits per heavy atom. The van der Waals surface area contributed by atoms with Crippen LogP contribution in [0.25, 0.3) is 0 Å². The quantitative estimate of drug-likeness (QED) is 0.856. The van der Waals surface area contributed by atoms with Crippen LogP contribution in [0.1, 0.15) is 26.2 Å². The summed E-state index contributed by atoms with van der Waals surface area (Å²) in [6.45, 7) is 3.96. The van der Waals surface area contributed by atoms with E-state index in [0.717, 1.165) is 18.8 Å². The highest BCUT2D eigenvalue weighted by Crippen LogP contribution is 2.33. The van der Waals surface area contributed by atoms with E-state index in [4.69, 9.17) is 10.5 Å². The Bertz CT molecular complexity index is 476. The molecule has 1 saturated carbocycles. The summed E-state index contributed by atoms with van der Waals surface area (Å²) in [7, 11) is 0. The molecule has 0 bridgehead atoms. The smallest absolute Gasteiger partial charge is 0.239 e. The third-order valence-electron chi connectivity index (χ3n) is 4.39. The molecule has 2 heterocycles. The molecule has 0 aromatic carbocycles. The largest absolute Gasteiger partial charge is 0.476 e. The van der Waals surface area contributed by atoms with E-state index in [9.17, 15) is 5.11 Å². The van der Waals surface area contributed by atoms with Crippen LogP contribution in [-0.4, -0.2) is 35.9 Å². The molecule has 1 aliphatic heterocycles. The fourth-order valence-corrected chi connectivity index (χ4v) is 2.77. The monoisotopic (exact) mass is 277 g/mol. The van der Waals surface area contributed by atoms with Crippen molar-refractivity contribution in [2.75, 3.05) is 30.4 Å². The fraction of sp³-hybridized carbons (Fsp3) is 0.667. The van der Waals surface area contributed by atoms with Gasteiger partial charge in [0.05, 0.1) is 24.9 Å². The van der Waals surface area contributed by atoms with Crippen molar-refractivity contribution < 1.29 is 9.84 Å². The van der Waals surface area contributed by atoms with Crippen LogP contribution in [0.5, 0.6) is 5.88 Å². The molecule has 0 radical (unpaired) electrons. The number of pyridine rings is 1. The third kappa shape index (κ3) is 2.68. The molecule has 1 aliphatic carbocycles. The number of rotatable bonds is 5. The maximum absolute atomic E-state index is 9.55. The minimum Gasteiger partial charge on any atom is -0.476 e. The Labute approximate surface area is 119 Å². The molecule has 2 fully saturated rings. The van der Waals surface area contributed by atoms with Crippen LogP contribution < -0.4 is 15.4 Å². The Kier molecular flexibility index (Phi) is 3.70. The molecule has 20 heavy (non-hydrogen) atoms. The molecule has 3 rings (SSSR count). The van der Waals surface area contributed by atoms with E-state index >= 15 is 0 Å². The highest BCUT2D eigenvalue weighted by molar-refractivity contribution is 5.55. The first kappa shape index (κ1) is 13.5. The first-order chi connectivity index (χ1) is 9.69. The number of aliphatic hydroxyl groups excluding tert-OH is 1. The van der Waals surface area contributed by atoms with Gasteiger partial charge in [0.2, 0.25) is 5.88 Å². The average Bonchev–Trinajstić information content (AvgIpc) is 3.20. The topological polar surface area (TPSA) is 71.6 Å². The van der Waals surface area contributed by atoms with Crippen LogP contribution in [0.4, 0.5) is 11.5 Å². The molecular weight excluding hydrogens is 254 g/mol. The summed E-state index contributed by atoms with van der Waals surface area (Å²) in [4.78, 5) is 6.72. The Morgan fingerprint density at radius 1 is 1.40 bits per heavy atom. The van der Waals surface area contributed by atoms with Gasteiger partial charge in [-0.2, -0.15) is 4.98 Å². The number of nitrogen functional groups attached to an aromatic ring is 1. The van der Waals surface area contributed by atoms with E-state index in [2.05, 4.69) is 16.8 Å². The molecule has 110 valence electrons. The Morgan fingerprint density at radius 3 is 2.90 bits per heavy atom. The third-order valence-corrected chi connectivity index (χ3v) is 4.39. The molecule has 2 unspecified atom stereocenters. The SMILES string of the molecule is CC1CCN(c2ccc(N)c(OCC3CC3)n2)C1CO. The van der Waals surface area contributed by atoms with Gasteiger partial charge in [0.1, 0.15) is 5.82 Å². The van der Waals surface area contributed by atoms with Crippen molar-refractivity contribution in [1.29, 1.82) is 0 Å². The summed E-state index contributed by atoms with van der Waals surface area (Å²) >= 11 is 0. The van der Waals surface area contributed by atoms with Crippen molar-refractivity contribution in [2.45, 2.75) is 32.2 Å². The normalized spacial score (nSPS) is 26.0. The van der Waals surface area contributed by atoms with Crippen molar-refractivity contribution in [3.05, 3.63) is 12.1 Å². The van der Waals surface area contributed by atoms with Crippen molar-refractivity contribution in [3.8, 4) is 5.88 Å². The summed E-state index contributed by atoms with van der Waals surface area (Å²) in [6, 6.07) is 3.91. The summed E-state index contributed by atoms with van der Waals surface area (Å²) in [5.41, 5.74) is 6.52. The lowest BCUT2D eigenvalue weighted by Crippen LogP contribution is -2.35. The van der Waals surface area contributed by atoms with Crippen LogP contribution in [0, 0.1) is 11.8 Å². The standard InChI is InChI=1S/C15H23N3O2/c1-10-6-7-18(13(10)8-19)14-5-4-12(16)15(17-14)20-9-11-2-3-11/h4-5,10-11,13,19H,2-3,6-9,16H2,1H3. The van der Waals surface area contributed by atoms with Gasteiger partial charge >= 0.3 is 0 Å². The zero-order chi connectivity index (χ0) is 14.1. The first-order valence-electron chi connectivity index (χ1n) is 7.46. The molecule has 5 heteroatoms. The van der Waals surface area contributed by atoms with Gasteiger partial charge in [0.15, 0.2) is 0 Å². The highest BCUT2D eigenvalue weighted by Gasteiger charge is 2.31.